The van der Waals surface area contributed by atoms with Crippen LogP contribution in [0.25, 0.3) is 0 Å². The summed E-state index contributed by atoms with van der Waals surface area (Å²) in [6.07, 6.45) is 2.03. The Hall–Kier alpha value is -0.750. The van der Waals surface area contributed by atoms with Gasteiger partial charge in [-0.05, 0) is 19.4 Å². The van der Waals surface area contributed by atoms with Crippen LogP contribution in [0.4, 0.5) is 0 Å². The summed E-state index contributed by atoms with van der Waals surface area (Å²) in [7, 11) is 1.83. The summed E-state index contributed by atoms with van der Waals surface area (Å²) in [5.74, 6) is -0.576. The second-order valence-corrected chi connectivity index (χ2v) is 5.54. The molecule has 104 valence electrons. The van der Waals surface area contributed by atoms with Crippen molar-refractivity contribution in [2.45, 2.75) is 25.8 Å². The number of carbonyl (C=O) groups is 2. The van der Waals surface area contributed by atoms with E-state index >= 15 is 0 Å². The van der Waals surface area contributed by atoms with Crippen molar-refractivity contribution < 1.29 is 14.7 Å². The van der Waals surface area contributed by atoms with Crippen molar-refractivity contribution in [2.75, 3.05) is 38.2 Å². The van der Waals surface area contributed by atoms with E-state index in [-0.39, 0.29) is 17.4 Å². The Labute approximate surface area is 113 Å². The van der Waals surface area contributed by atoms with Gasteiger partial charge in [-0.3, -0.25) is 9.59 Å². The lowest BCUT2D eigenvalue weighted by molar-refractivity contribution is -0.133. The van der Waals surface area contributed by atoms with Gasteiger partial charge in [-0.2, -0.15) is 0 Å². The molecule has 0 unspecified atom stereocenters. The van der Waals surface area contributed by atoms with E-state index in [1.807, 2.05) is 7.05 Å². The van der Waals surface area contributed by atoms with Gasteiger partial charge < -0.3 is 14.9 Å². The molecule has 1 rings (SSSR count). The standard InChI is InChI=1S/C12H22N2O3S/c1-3-14-6-4-10(5-7-14)13(2)11(15)8-18-9-12(16)17/h10H,3-9H2,1-2H3,(H,16,17). The average molecular weight is 274 g/mol. The molecule has 1 heterocycles. The molecule has 1 saturated heterocycles. The van der Waals surface area contributed by atoms with Crippen LogP contribution in [-0.2, 0) is 9.59 Å². The van der Waals surface area contributed by atoms with Crippen molar-refractivity contribution in [1.29, 1.82) is 0 Å². The van der Waals surface area contributed by atoms with Crippen molar-refractivity contribution in [3.63, 3.8) is 0 Å². The predicted octanol–water partition coefficient (Wildman–Crippen LogP) is 0.747. The van der Waals surface area contributed by atoms with Crippen molar-refractivity contribution in [3.8, 4) is 0 Å². The molecule has 1 N–H and O–H groups in total. The minimum Gasteiger partial charge on any atom is -0.481 e. The highest BCUT2D eigenvalue weighted by atomic mass is 32.2. The first-order valence-electron chi connectivity index (χ1n) is 6.32. The first-order valence-corrected chi connectivity index (χ1v) is 7.47. The second kappa shape index (κ2) is 7.63. The summed E-state index contributed by atoms with van der Waals surface area (Å²) in [5.41, 5.74) is 0. The monoisotopic (exact) mass is 274 g/mol. The molecule has 0 aromatic heterocycles. The summed E-state index contributed by atoms with van der Waals surface area (Å²) >= 11 is 1.17. The number of likely N-dealkylation sites (tertiary alicyclic amines) is 1. The van der Waals surface area contributed by atoms with Crippen LogP contribution in [0.1, 0.15) is 19.8 Å². The number of nitrogens with zero attached hydrogens (tertiary/aromatic N) is 2. The maximum atomic E-state index is 11.9. The van der Waals surface area contributed by atoms with Crippen molar-refractivity contribution in [2.24, 2.45) is 0 Å². The van der Waals surface area contributed by atoms with Gasteiger partial charge in [0.25, 0.3) is 0 Å². The third-order valence-electron chi connectivity index (χ3n) is 3.40. The molecule has 0 aliphatic carbocycles. The van der Waals surface area contributed by atoms with E-state index in [4.69, 9.17) is 5.11 Å². The SMILES string of the molecule is CCN1CCC(N(C)C(=O)CSCC(=O)O)CC1. The lowest BCUT2D eigenvalue weighted by Gasteiger charge is -2.36. The highest BCUT2D eigenvalue weighted by molar-refractivity contribution is 8.00. The van der Waals surface area contributed by atoms with Crippen LogP contribution in [-0.4, -0.2) is 71.0 Å². The van der Waals surface area contributed by atoms with E-state index < -0.39 is 5.97 Å². The number of piperidine rings is 1. The molecule has 0 bridgehead atoms. The van der Waals surface area contributed by atoms with Crippen molar-refractivity contribution in [3.05, 3.63) is 0 Å². The molecular weight excluding hydrogens is 252 g/mol. The van der Waals surface area contributed by atoms with Crippen molar-refractivity contribution in [1.82, 2.24) is 9.80 Å². The van der Waals surface area contributed by atoms with Gasteiger partial charge >= 0.3 is 5.97 Å². The maximum absolute atomic E-state index is 11.9. The number of aliphatic carboxylic acids is 1. The zero-order valence-electron chi connectivity index (χ0n) is 11.1. The molecule has 0 atom stereocenters. The molecule has 18 heavy (non-hydrogen) atoms. The van der Waals surface area contributed by atoms with Gasteiger partial charge in [-0.15, -0.1) is 11.8 Å². The highest BCUT2D eigenvalue weighted by Gasteiger charge is 2.24. The van der Waals surface area contributed by atoms with Gasteiger partial charge in [0, 0.05) is 26.2 Å². The molecule has 5 nitrogen and oxygen atoms in total. The summed E-state index contributed by atoms with van der Waals surface area (Å²) in [4.78, 5) is 26.4. The minimum absolute atomic E-state index is 0.00609. The molecule has 1 fully saturated rings. The van der Waals surface area contributed by atoms with Crippen LogP contribution in [0.2, 0.25) is 0 Å². The Bertz CT molecular complexity index is 291. The summed E-state index contributed by atoms with van der Waals surface area (Å²) in [5, 5.41) is 8.52. The number of hydrogen-bond acceptors (Lipinski definition) is 4. The molecule has 0 spiro atoms. The Morgan fingerprint density at radius 2 is 1.94 bits per heavy atom. The van der Waals surface area contributed by atoms with Gasteiger partial charge in [0.05, 0.1) is 11.5 Å². The van der Waals surface area contributed by atoms with Crippen LogP contribution in [0, 0.1) is 0 Å². The number of carboxylic acid groups (broad SMARTS) is 1. The number of carboxylic acids is 1. The molecular formula is C12H22N2O3S. The van der Waals surface area contributed by atoms with Crippen LogP contribution >= 0.6 is 11.8 Å². The smallest absolute Gasteiger partial charge is 0.313 e. The molecule has 0 aromatic carbocycles. The third-order valence-corrected chi connectivity index (χ3v) is 4.30. The normalized spacial score (nSPS) is 17.7. The fourth-order valence-electron chi connectivity index (χ4n) is 2.15. The van der Waals surface area contributed by atoms with E-state index in [9.17, 15) is 9.59 Å². The van der Waals surface area contributed by atoms with Gasteiger partial charge in [0.15, 0.2) is 0 Å². The van der Waals surface area contributed by atoms with Crippen LogP contribution in [0.3, 0.4) is 0 Å². The van der Waals surface area contributed by atoms with Gasteiger partial charge in [-0.25, -0.2) is 0 Å². The number of rotatable bonds is 6. The Morgan fingerprint density at radius 1 is 1.33 bits per heavy atom. The molecule has 1 amide bonds. The molecule has 1 aliphatic rings. The summed E-state index contributed by atoms with van der Waals surface area (Å²) < 4.78 is 0. The topological polar surface area (TPSA) is 60.9 Å². The van der Waals surface area contributed by atoms with E-state index in [0.717, 1.165) is 32.5 Å². The third kappa shape index (κ3) is 4.86. The lowest BCUT2D eigenvalue weighted by atomic mass is 10.0. The lowest BCUT2D eigenvalue weighted by Crippen LogP contribution is -2.46. The van der Waals surface area contributed by atoms with E-state index in [2.05, 4.69) is 11.8 Å². The van der Waals surface area contributed by atoms with E-state index in [1.165, 1.54) is 11.8 Å². The fourth-order valence-corrected chi connectivity index (χ4v) is 2.81. The average Bonchev–Trinajstić information content (AvgIpc) is 2.37. The first-order chi connectivity index (χ1) is 8.54. The van der Waals surface area contributed by atoms with Gasteiger partial charge in [0.2, 0.25) is 5.91 Å². The molecule has 6 heteroatoms. The van der Waals surface area contributed by atoms with Crippen LogP contribution in [0.5, 0.6) is 0 Å². The Balaban J connectivity index is 2.28. The number of amides is 1. The molecule has 1 aliphatic heterocycles. The maximum Gasteiger partial charge on any atom is 0.313 e. The number of carbonyl (C=O) groups excluding carboxylic acids is 1. The largest absolute Gasteiger partial charge is 0.481 e. The van der Waals surface area contributed by atoms with Crippen LogP contribution < -0.4 is 0 Å². The number of hydrogen-bond donors (Lipinski definition) is 1. The Kier molecular flexibility index (Phi) is 6.49. The molecule has 0 radical (unpaired) electrons. The zero-order chi connectivity index (χ0) is 13.5. The predicted molar refractivity (Wildman–Crippen MR) is 72.9 cm³/mol. The molecule has 0 saturated carbocycles. The highest BCUT2D eigenvalue weighted by Crippen LogP contribution is 2.16. The van der Waals surface area contributed by atoms with E-state index in [0.29, 0.717) is 6.04 Å². The zero-order valence-corrected chi connectivity index (χ0v) is 11.9. The Morgan fingerprint density at radius 3 is 2.44 bits per heavy atom. The minimum atomic E-state index is -0.869. The number of thioether (sulfide) groups is 1. The van der Waals surface area contributed by atoms with Gasteiger partial charge in [0.1, 0.15) is 0 Å². The van der Waals surface area contributed by atoms with Crippen LogP contribution in [0.15, 0.2) is 0 Å². The fraction of sp³-hybridized carbons (Fsp3) is 0.833. The van der Waals surface area contributed by atoms with Crippen molar-refractivity contribution >= 4 is 23.6 Å². The van der Waals surface area contributed by atoms with Gasteiger partial charge in [-0.1, -0.05) is 6.92 Å². The van der Waals surface area contributed by atoms with E-state index in [1.54, 1.807) is 4.90 Å². The molecule has 0 aromatic rings. The second-order valence-electron chi connectivity index (χ2n) is 4.56. The quantitative estimate of drug-likeness (QED) is 0.774. The summed E-state index contributed by atoms with van der Waals surface area (Å²) in [6.45, 7) is 5.30. The summed E-state index contributed by atoms with van der Waals surface area (Å²) in [6, 6.07) is 0.311. The first kappa shape index (κ1) is 15.3.